The van der Waals surface area contributed by atoms with E-state index >= 15 is 0 Å². The first kappa shape index (κ1) is 14.9. The van der Waals surface area contributed by atoms with Crippen LogP contribution in [0.4, 0.5) is 18.9 Å². The monoisotopic (exact) mass is 294 g/mol. The van der Waals surface area contributed by atoms with Gasteiger partial charge in [0.25, 0.3) is 0 Å². The minimum absolute atomic E-state index is 0.381. The molecule has 0 aliphatic rings. The van der Waals surface area contributed by atoms with Gasteiger partial charge < -0.3 is 11.1 Å². The lowest BCUT2D eigenvalue weighted by molar-refractivity contribution is -0.137. The molecule has 0 aliphatic carbocycles. The molecule has 0 atom stereocenters. The molecule has 0 heterocycles. The summed E-state index contributed by atoms with van der Waals surface area (Å²) in [7, 11) is 0. The first-order valence-electron chi connectivity index (χ1n) is 6.16. The van der Waals surface area contributed by atoms with Gasteiger partial charge in [-0.3, -0.25) is 4.79 Å². The van der Waals surface area contributed by atoms with Crippen LogP contribution in [-0.2, 0) is 12.7 Å². The Labute approximate surface area is 119 Å². The lowest BCUT2D eigenvalue weighted by Crippen LogP contribution is -2.11. The van der Waals surface area contributed by atoms with Gasteiger partial charge >= 0.3 is 6.18 Å². The zero-order chi connectivity index (χ0) is 15.5. The van der Waals surface area contributed by atoms with E-state index in [0.29, 0.717) is 17.8 Å². The summed E-state index contributed by atoms with van der Waals surface area (Å²) in [4.78, 5) is 11.1. The molecule has 2 aromatic carbocycles. The van der Waals surface area contributed by atoms with E-state index in [2.05, 4.69) is 5.32 Å². The molecule has 0 saturated heterocycles. The highest BCUT2D eigenvalue weighted by Gasteiger charge is 2.29. The Bertz CT molecular complexity index is 636. The molecule has 0 radical (unpaired) electrons. The number of benzene rings is 2. The summed E-state index contributed by atoms with van der Waals surface area (Å²) in [6.45, 7) is 0.381. The molecule has 3 N–H and O–H groups in total. The first-order chi connectivity index (χ1) is 9.86. The average molecular weight is 294 g/mol. The van der Waals surface area contributed by atoms with Gasteiger partial charge in [-0.25, -0.2) is 0 Å². The molecular weight excluding hydrogens is 281 g/mol. The maximum absolute atomic E-state index is 12.4. The van der Waals surface area contributed by atoms with E-state index in [1.54, 1.807) is 24.3 Å². The number of rotatable bonds is 4. The van der Waals surface area contributed by atoms with Gasteiger partial charge in [-0.2, -0.15) is 13.2 Å². The number of carbonyl (C=O) groups is 1. The summed E-state index contributed by atoms with van der Waals surface area (Å²) < 4.78 is 37.3. The predicted molar refractivity (Wildman–Crippen MR) is 73.7 cm³/mol. The van der Waals surface area contributed by atoms with Gasteiger partial charge in [0.15, 0.2) is 0 Å². The molecule has 21 heavy (non-hydrogen) atoms. The number of amides is 1. The van der Waals surface area contributed by atoms with Crippen molar-refractivity contribution in [2.24, 2.45) is 5.73 Å². The van der Waals surface area contributed by atoms with E-state index in [-0.39, 0.29) is 0 Å². The summed E-state index contributed by atoms with van der Waals surface area (Å²) in [6, 6.07) is 11.5. The summed E-state index contributed by atoms with van der Waals surface area (Å²) in [5.74, 6) is -0.522. The second-order valence-electron chi connectivity index (χ2n) is 4.49. The normalized spacial score (nSPS) is 11.2. The fourth-order valence-corrected chi connectivity index (χ4v) is 1.82. The second kappa shape index (κ2) is 5.87. The molecule has 110 valence electrons. The van der Waals surface area contributed by atoms with E-state index in [9.17, 15) is 18.0 Å². The lowest BCUT2D eigenvalue weighted by atomic mass is 10.1. The molecule has 1 amide bonds. The van der Waals surface area contributed by atoms with Crippen molar-refractivity contribution in [1.82, 2.24) is 0 Å². The SMILES string of the molecule is NC(=O)c1cccc(CNc2ccc(C(F)(F)F)cc2)c1. The van der Waals surface area contributed by atoms with Crippen molar-refractivity contribution >= 4 is 11.6 Å². The third-order valence-corrected chi connectivity index (χ3v) is 2.92. The Morgan fingerprint density at radius 2 is 1.76 bits per heavy atom. The average Bonchev–Trinajstić information content (AvgIpc) is 2.45. The van der Waals surface area contributed by atoms with Crippen molar-refractivity contribution < 1.29 is 18.0 Å². The van der Waals surface area contributed by atoms with Gasteiger partial charge in [-0.05, 0) is 42.0 Å². The van der Waals surface area contributed by atoms with Crippen molar-refractivity contribution in [3.63, 3.8) is 0 Å². The molecule has 0 saturated carbocycles. The smallest absolute Gasteiger partial charge is 0.381 e. The van der Waals surface area contributed by atoms with Crippen molar-refractivity contribution in [2.75, 3.05) is 5.32 Å². The third kappa shape index (κ3) is 3.98. The summed E-state index contributed by atoms with van der Waals surface area (Å²) in [6.07, 6.45) is -4.34. The fourth-order valence-electron chi connectivity index (χ4n) is 1.82. The summed E-state index contributed by atoms with van der Waals surface area (Å²) in [5.41, 5.74) is 6.25. The van der Waals surface area contributed by atoms with Crippen LogP contribution in [0.25, 0.3) is 0 Å². The highest BCUT2D eigenvalue weighted by Crippen LogP contribution is 2.29. The molecule has 0 aliphatic heterocycles. The van der Waals surface area contributed by atoms with Crippen LogP contribution in [0.2, 0.25) is 0 Å². The van der Waals surface area contributed by atoms with Crippen LogP contribution >= 0.6 is 0 Å². The van der Waals surface area contributed by atoms with E-state index in [0.717, 1.165) is 17.7 Å². The topological polar surface area (TPSA) is 55.1 Å². The van der Waals surface area contributed by atoms with Gasteiger partial charge in [0.1, 0.15) is 0 Å². The van der Waals surface area contributed by atoms with Crippen LogP contribution in [0.15, 0.2) is 48.5 Å². The summed E-state index contributed by atoms with van der Waals surface area (Å²) in [5, 5.41) is 2.99. The van der Waals surface area contributed by atoms with Gasteiger partial charge in [0, 0.05) is 17.8 Å². The van der Waals surface area contributed by atoms with Crippen molar-refractivity contribution in [2.45, 2.75) is 12.7 Å². The number of alkyl halides is 3. The molecule has 0 unspecified atom stereocenters. The Balaban J connectivity index is 2.03. The molecule has 0 fully saturated rings. The predicted octanol–water partition coefficient (Wildman–Crippen LogP) is 3.42. The quantitative estimate of drug-likeness (QED) is 0.908. The van der Waals surface area contributed by atoms with Crippen molar-refractivity contribution in [1.29, 1.82) is 0 Å². The Hall–Kier alpha value is -2.50. The maximum Gasteiger partial charge on any atom is 0.416 e. The highest BCUT2D eigenvalue weighted by molar-refractivity contribution is 5.92. The van der Waals surface area contributed by atoms with Gasteiger partial charge in [-0.1, -0.05) is 12.1 Å². The van der Waals surface area contributed by atoms with Crippen LogP contribution in [0.5, 0.6) is 0 Å². The van der Waals surface area contributed by atoms with Gasteiger partial charge in [0.05, 0.1) is 5.56 Å². The van der Waals surface area contributed by atoms with Crippen molar-refractivity contribution in [3.05, 3.63) is 65.2 Å². The number of nitrogens with two attached hydrogens (primary N) is 1. The zero-order valence-corrected chi connectivity index (χ0v) is 10.9. The van der Waals surface area contributed by atoms with E-state index in [4.69, 9.17) is 5.73 Å². The van der Waals surface area contributed by atoms with Crippen LogP contribution in [0.3, 0.4) is 0 Å². The molecule has 2 aromatic rings. The third-order valence-electron chi connectivity index (χ3n) is 2.92. The Morgan fingerprint density at radius 1 is 1.10 bits per heavy atom. The number of hydrogen-bond acceptors (Lipinski definition) is 2. The second-order valence-corrected chi connectivity index (χ2v) is 4.49. The van der Waals surface area contributed by atoms with E-state index < -0.39 is 17.6 Å². The van der Waals surface area contributed by atoms with Crippen LogP contribution in [0, 0.1) is 0 Å². The minimum Gasteiger partial charge on any atom is -0.381 e. The number of anilines is 1. The maximum atomic E-state index is 12.4. The van der Waals surface area contributed by atoms with Crippen molar-refractivity contribution in [3.8, 4) is 0 Å². The highest BCUT2D eigenvalue weighted by atomic mass is 19.4. The Morgan fingerprint density at radius 3 is 2.33 bits per heavy atom. The lowest BCUT2D eigenvalue weighted by Gasteiger charge is -2.10. The molecular formula is C15H13F3N2O. The first-order valence-corrected chi connectivity index (χ1v) is 6.16. The van der Waals surface area contributed by atoms with Gasteiger partial charge in [0.2, 0.25) is 5.91 Å². The fraction of sp³-hybridized carbons (Fsp3) is 0.133. The number of primary amides is 1. The standard InChI is InChI=1S/C15H13F3N2O/c16-15(17,18)12-4-6-13(7-5-12)20-9-10-2-1-3-11(8-10)14(19)21/h1-8,20H,9H2,(H2,19,21). The zero-order valence-electron chi connectivity index (χ0n) is 10.9. The number of carbonyl (C=O) groups excluding carboxylic acids is 1. The van der Waals surface area contributed by atoms with E-state index in [1.165, 1.54) is 12.1 Å². The number of hydrogen-bond donors (Lipinski definition) is 2. The Kier molecular flexibility index (Phi) is 4.16. The van der Waals surface area contributed by atoms with Crippen LogP contribution in [0.1, 0.15) is 21.5 Å². The van der Waals surface area contributed by atoms with Crippen LogP contribution < -0.4 is 11.1 Å². The largest absolute Gasteiger partial charge is 0.416 e. The van der Waals surface area contributed by atoms with E-state index in [1.807, 2.05) is 0 Å². The van der Waals surface area contributed by atoms with Crippen LogP contribution in [-0.4, -0.2) is 5.91 Å². The minimum atomic E-state index is -4.34. The molecule has 6 heteroatoms. The van der Waals surface area contributed by atoms with Gasteiger partial charge in [-0.15, -0.1) is 0 Å². The summed E-state index contributed by atoms with van der Waals surface area (Å²) >= 11 is 0. The number of nitrogens with one attached hydrogen (secondary N) is 1. The molecule has 2 rings (SSSR count). The molecule has 0 spiro atoms. The molecule has 3 nitrogen and oxygen atoms in total. The molecule has 0 aromatic heterocycles. The molecule has 0 bridgehead atoms. The number of halogens is 3.